The van der Waals surface area contributed by atoms with Crippen molar-refractivity contribution in [2.45, 2.75) is 12.8 Å². The van der Waals surface area contributed by atoms with E-state index in [2.05, 4.69) is 6.58 Å². The normalized spacial score (nSPS) is 25.6. The standard InChI is InChI=1S/C6H12OP/c1-2-8(7)5-3-4-6-8/h2,7H,1,3-6H2/q+1. The molecular weight excluding hydrogens is 119 g/mol. The van der Waals surface area contributed by atoms with Crippen LogP contribution in [0.3, 0.4) is 0 Å². The minimum absolute atomic E-state index is 1.02. The quantitative estimate of drug-likeness (QED) is 0.538. The molecule has 46 valence electrons. The molecule has 0 radical (unpaired) electrons. The molecule has 0 atom stereocenters. The van der Waals surface area contributed by atoms with Crippen LogP contribution in [-0.4, -0.2) is 17.2 Å². The van der Waals surface area contributed by atoms with E-state index in [0.29, 0.717) is 0 Å². The Kier molecular flexibility index (Phi) is 1.69. The lowest BCUT2D eigenvalue weighted by molar-refractivity contribution is 0.617. The lowest BCUT2D eigenvalue weighted by atomic mass is 10.4. The highest BCUT2D eigenvalue weighted by molar-refractivity contribution is 7.73. The van der Waals surface area contributed by atoms with Crippen LogP contribution in [0.1, 0.15) is 12.8 Å². The zero-order valence-corrected chi connectivity index (χ0v) is 5.90. The van der Waals surface area contributed by atoms with E-state index in [-0.39, 0.29) is 0 Å². The van der Waals surface area contributed by atoms with Gasteiger partial charge in [-0.2, -0.15) is 0 Å². The largest absolute Gasteiger partial charge is 0.247 e. The van der Waals surface area contributed by atoms with Crippen LogP contribution in [0.2, 0.25) is 0 Å². The van der Waals surface area contributed by atoms with E-state index in [1.54, 1.807) is 5.82 Å². The van der Waals surface area contributed by atoms with E-state index in [0.717, 1.165) is 12.3 Å². The molecular formula is C6H12OP+. The third-order valence-electron chi connectivity index (χ3n) is 1.68. The summed E-state index contributed by atoms with van der Waals surface area (Å²) < 4.78 is 0. The van der Waals surface area contributed by atoms with Crippen molar-refractivity contribution in [2.24, 2.45) is 0 Å². The van der Waals surface area contributed by atoms with Crippen molar-refractivity contribution in [3.05, 3.63) is 12.4 Å². The minimum atomic E-state index is -1.54. The highest BCUT2D eigenvalue weighted by Gasteiger charge is 2.35. The molecule has 0 aromatic heterocycles. The van der Waals surface area contributed by atoms with Gasteiger partial charge in [-0.3, -0.25) is 0 Å². The molecule has 0 aromatic rings. The van der Waals surface area contributed by atoms with Gasteiger partial charge in [0.25, 0.3) is 0 Å². The van der Waals surface area contributed by atoms with Gasteiger partial charge in [-0.15, -0.1) is 0 Å². The Morgan fingerprint density at radius 2 is 1.88 bits per heavy atom. The molecule has 0 bridgehead atoms. The summed E-state index contributed by atoms with van der Waals surface area (Å²) in [7, 11) is -1.54. The van der Waals surface area contributed by atoms with Crippen LogP contribution >= 0.6 is 7.49 Å². The van der Waals surface area contributed by atoms with Gasteiger partial charge in [-0.25, -0.2) is 4.89 Å². The van der Waals surface area contributed by atoms with Gasteiger partial charge in [-0.1, -0.05) is 6.58 Å². The topological polar surface area (TPSA) is 20.2 Å². The van der Waals surface area contributed by atoms with Crippen molar-refractivity contribution in [2.75, 3.05) is 12.3 Å². The average Bonchev–Trinajstić information content (AvgIpc) is 2.17. The molecule has 8 heavy (non-hydrogen) atoms. The van der Waals surface area contributed by atoms with E-state index in [4.69, 9.17) is 0 Å². The van der Waals surface area contributed by atoms with Gasteiger partial charge in [0.15, 0.2) is 7.49 Å². The Balaban J connectivity index is 2.52. The van der Waals surface area contributed by atoms with E-state index in [1.165, 1.54) is 12.8 Å². The maximum Gasteiger partial charge on any atom is 0.166 e. The second-order valence-corrected chi connectivity index (χ2v) is 5.56. The number of hydrogen-bond donors (Lipinski definition) is 1. The van der Waals surface area contributed by atoms with Crippen LogP contribution in [0.4, 0.5) is 0 Å². The van der Waals surface area contributed by atoms with Gasteiger partial charge in [0.05, 0.1) is 18.1 Å². The Labute approximate surface area is 50.8 Å². The highest BCUT2D eigenvalue weighted by Crippen LogP contribution is 2.60. The molecule has 1 aliphatic rings. The first-order valence-electron chi connectivity index (χ1n) is 3.00. The molecule has 0 spiro atoms. The van der Waals surface area contributed by atoms with Crippen LogP contribution in [0.15, 0.2) is 12.4 Å². The fourth-order valence-corrected chi connectivity index (χ4v) is 3.20. The summed E-state index contributed by atoms with van der Waals surface area (Å²) in [6.45, 7) is 3.61. The molecule has 1 aliphatic heterocycles. The van der Waals surface area contributed by atoms with Crippen molar-refractivity contribution < 1.29 is 4.89 Å². The molecule has 1 N–H and O–H groups in total. The molecule has 1 fully saturated rings. The second kappa shape index (κ2) is 2.16. The molecule has 1 saturated heterocycles. The monoisotopic (exact) mass is 131 g/mol. The van der Waals surface area contributed by atoms with E-state index in [9.17, 15) is 4.89 Å². The van der Waals surface area contributed by atoms with Crippen LogP contribution in [-0.2, 0) is 0 Å². The van der Waals surface area contributed by atoms with Gasteiger partial charge < -0.3 is 0 Å². The third kappa shape index (κ3) is 1.10. The van der Waals surface area contributed by atoms with Crippen molar-refractivity contribution in [1.82, 2.24) is 0 Å². The van der Waals surface area contributed by atoms with Crippen LogP contribution < -0.4 is 0 Å². The zero-order valence-electron chi connectivity index (χ0n) is 5.01. The SMILES string of the molecule is C=C[P+]1(O)CCCC1. The van der Waals surface area contributed by atoms with Crippen LogP contribution in [0.5, 0.6) is 0 Å². The summed E-state index contributed by atoms with van der Waals surface area (Å²) in [6, 6.07) is 0. The predicted molar refractivity (Wildman–Crippen MR) is 38.3 cm³/mol. The lowest BCUT2D eigenvalue weighted by Crippen LogP contribution is -1.86. The summed E-state index contributed by atoms with van der Waals surface area (Å²) in [5, 5.41) is 0. The molecule has 0 aromatic carbocycles. The van der Waals surface area contributed by atoms with Crippen molar-refractivity contribution in [1.29, 1.82) is 0 Å². The molecule has 1 heterocycles. The first-order valence-corrected chi connectivity index (χ1v) is 5.18. The summed E-state index contributed by atoms with van der Waals surface area (Å²) in [5.41, 5.74) is 0. The van der Waals surface area contributed by atoms with E-state index >= 15 is 0 Å². The minimum Gasteiger partial charge on any atom is -0.247 e. The molecule has 2 heteroatoms. The summed E-state index contributed by atoms with van der Waals surface area (Å²) >= 11 is 0. The fraction of sp³-hybridized carbons (Fsp3) is 0.667. The van der Waals surface area contributed by atoms with Gasteiger partial charge >= 0.3 is 0 Å². The Morgan fingerprint density at radius 1 is 1.38 bits per heavy atom. The van der Waals surface area contributed by atoms with E-state index < -0.39 is 7.49 Å². The summed E-state index contributed by atoms with van der Waals surface area (Å²) in [5.74, 6) is 1.78. The molecule has 0 unspecified atom stereocenters. The van der Waals surface area contributed by atoms with Crippen molar-refractivity contribution in [3.8, 4) is 0 Å². The van der Waals surface area contributed by atoms with Crippen LogP contribution in [0, 0.1) is 0 Å². The number of hydrogen-bond acceptors (Lipinski definition) is 1. The van der Waals surface area contributed by atoms with Gasteiger partial charge in [0.1, 0.15) is 0 Å². The predicted octanol–water partition coefficient (Wildman–Crippen LogP) is 1.85. The number of rotatable bonds is 1. The van der Waals surface area contributed by atoms with Crippen LogP contribution in [0.25, 0.3) is 0 Å². The highest BCUT2D eigenvalue weighted by atomic mass is 31.2. The van der Waals surface area contributed by atoms with Crippen molar-refractivity contribution in [3.63, 3.8) is 0 Å². The first-order chi connectivity index (χ1) is 3.77. The Bertz CT molecular complexity index is 94.7. The molecule has 0 aliphatic carbocycles. The second-order valence-electron chi connectivity index (χ2n) is 2.32. The van der Waals surface area contributed by atoms with Gasteiger partial charge in [0, 0.05) is 0 Å². The first kappa shape index (κ1) is 6.25. The zero-order chi connectivity index (χ0) is 6.04. The fourth-order valence-electron chi connectivity index (χ4n) is 1.07. The summed E-state index contributed by atoms with van der Waals surface area (Å²) in [6.07, 6.45) is 4.46. The smallest absolute Gasteiger partial charge is 0.166 e. The molecule has 1 nitrogen and oxygen atoms in total. The third-order valence-corrected chi connectivity index (χ3v) is 4.54. The molecule has 0 saturated carbocycles. The van der Waals surface area contributed by atoms with E-state index in [1.807, 2.05) is 0 Å². The average molecular weight is 131 g/mol. The molecule has 1 rings (SSSR count). The van der Waals surface area contributed by atoms with Gasteiger partial charge in [-0.05, 0) is 12.8 Å². The van der Waals surface area contributed by atoms with Crippen molar-refractivity contribution >= 4 is 7.49 Å². The molecule has 0 amide bonds. The lowest BCUT2D eigenvalue weighted by Gasteiger charge is -2.04. The maximum absolute atomic E-state index is 9.49. The summed E-state index contributed by atoms with van der Waals surface area (Å²) in [4.78, 5) is 9.49. The Morgan fingerprint density at radius 3 is 2.12 bits per heavy atom. The van der Waals surface area contributed by atoms with Gasteiger partial charge in [0.2, 0.25) is 0 Å². The Hall–Kier alpha value is 0.130. The maximum atomic E-state index is 9.49.